The van der Waals surface area contributed by atoms with Crippen LogP contribution in [0.3, 0.4) is 0 Å². The Kier molecular flexibility index (Phi) is 6.73. The first-order chi connectivity index (χ1) is 14.2. The van der Waals surface area contributed by atoms with Crippen molar-refractivity contribution < 1.29 is 4.79 Å². The molecule has 0 spiro atoms. The molecule has 0 aromatic heterocycles. The number of likely N-dealkylation sites (tertiary alicyclic amines) is 1. The lowest BCUT2D eigenvalue weighted by Gasteiger charge is -2.38. The standard InChI is InChI=1S/C24H30ClN3O/c25-17-24(29)26-18-20-7-5-19(6-8-20)9-13-27-14-11-22(12-15-27)28-16-10-21-3-1-2-4-23(21)28/h1-8,22H,9-18H2,(H,26,29). The summed E-state index contributed by atoms with van der Waals surface area (Å²) in [6, 6.07) is 18.1. The Balaban J connectivity index is 1.21. The van der Waals surface area contributed by atoms with Gasteiger partial charge in [0.25, 0.3) is 0 Å². The number of hydrogen-bond acceptors (Lipinski definition) is 3. The highest BCUT2D eigenvalue weighted by atomic mass is 35.5. The fourth-order valence-electron chi connectivity index (χ4n) is 4.56. The lowest BCUT2D eigenvalue weighted by Crippen LogP contribution is -2.44. The molecule has 2 aromatic rings. The van der Waals surface area contributed by atoms with Gasteiger partial charge in [-0.2, -0.15) is 0 Å². The Morgan fingerprint density at radius 2 is 1.72 bits per heavy atom. The summed E-state index contributed by atoms with van der Waals surface area (Å²) in [5.74, 6) is -0.115. The highest BCUT2D eigenvalue weighted by Crippen LogP contribution is 2.32. The molecule has 154 valence electrons. The second-order valence-corrected chi connectivity index (χ2v) is 8.39. The number of piperidine rings is 1. The van der Waals surface area contributed by atoms with E-state index in [1.807, 2.05) is 0 Å². The zero-order valence-corrected chi connectivity index (χ0v) is 17.7. The van der Waals surface area contributed by atoms with E-state index in [1.165, 1.54) is 55.7 Å². The fraction of sp³-hybridized carbons (Fsp3) is 0.458. The van der Waals surface area contributed by atoms with Crippen LogP contribution in [-0.2, 0) is 24.2 Å². The van der Waals surface area contributed by atoms with Crippen molar-refractivity contribution in [3.63, 3.8) is 0 Å². The number of benzene rings is 2. The van der Waals surface area contributed by atoms with Gasteiger partial charge in [0.1, 0.15) is 5.88 Å². The van der Waals surface area contributed by atoms with E-state index in [1.54, 1.807) is 0 Å². The smallest absolute Gasteiger partial charge is 0.235 e. The molecule has 2 aliphatic rings. The van der Waals surface area contributed by atoms with Gasteiger partial charge in [0.15, 0.2) is 0 Å². The number of nitrogens with one attached hydrogen (secondary N) is 1. The number of rotatable bonds is 7. The van der Waals surface area contributed by atoms with E-state index < -0.39 is 0 Å². The SMILES string of the molecule is O=C(CCl)NCc1ccc(CCN2CCC(N3CCc4ccccc43)CC2)cc1. The number of halogens is 1. The van der Waals surface area contributed by atoms with Crippen molar-refractivity contribution in [1.29, 1.82) is 0 Å². The van der Waals surface area contributed by atoms with E-state index in [2.05, 4.69) is 63.6 Å². The molecule has 5 heteroatoms. The predicted octanol–water partition coefficient (Wildman–Crippen LogP) is 3.61. The van der Waals surface area contributed by atoms with Crippen LogP contribution in [0.4, 0.5) is 5.69 Å². The van der Waals surface area contributed by atoms with Gasteiger partial charge in [-0.05, 0) is 48.4 Å². The van der Waals surface area contributed by atoms with Crippen molar-refractivity contribution >= 4 is 23.2 Å². The Labute approximate surface area is 178 Å². The summed E-state index contributed by atoms with van der Waals surface area (Å²) in [7, 11) is 0. The number of carbonyl (C=O) groups is 1. The van der Waals surface area contributed by atoms with Gasteiger partial charge in [-0.3, -0.25) is 4.79 Å². The third-order valence-electron chi connectivity index (χ3n) is 6.27. The Morgan fingerprint density at radius 1 is 1.00 bits per heavy atom. The van der Waals surface area contributed by atoms with Gasteiger partial charge < -0.3 is 15.1 Å². The number of alkyl halides is 1. The molecular weight excluding hydrogens is 382 g/mol. The molecule has 1 amide bonds. The van der Waals surface area contributed by atoms with Gasteiger partial charge in [-0.1, -0.05) is 42.5 Å². The minimum absolute atomic E-state index is 0.0129. The maximum atomic E-state index is 11.2. The summed E-state index contributed by atoms with van der Waals surface area (Å²) >= 11 is 5.51. The molecule has 4 rings (SSSR count). The van der Waals surface area contributed by atoms with Crippen molar-refractivity contribution in [2.45, 2.75) is 38.3 Å². The third-order valence-corrected chi connectivity index (χ3v) is 6.51. The maximum absolute atomic E-state index is 11.2. The molecule has 0 atom stereocenters. The number of nitrogens with zero attached hydrogens (tertiary/aromatic N) is 2. The third kappa shape index (κ3) is 5.12. The van der Waals surface area contributed by atoms with Gasteiger partial charge in [0, 0.05) is 44.5 Å². The number of fused-ring (bicyclic) bond motifs is 1. The minimum atomic E-state index is -0.128. The summed E-state index contributed by atoms with van der Waals surface area (Å²) < 4.78 is 0. The van der Waals surface area contributed by atoms with Crippen LogP contribution in [-0.4, -0.2) is 48.9 Å². The van der Waals surface area contributed by atoms with Crippen LogP contribution in [0.25, 0.3) is 0 Å². The van der Waals surface area contributed by atoms with Crippen molar-refractivity contribution in [2.24, 2.45) is 0 Å². The molecule has 0 unspecified atom stereocenters. The molecule has 4 nitrogen and oxygen atoms in total. The molecule has 29 heavy (non-hydrogen) atoms. The monoisotopic (exact) mass is 411 g/mol. The van der Waals surface area contributed by atoms with E-state index in [4.69, 9.17) is 11.6 Å². The van der Waals surface area contributed by atoms with E-state index in [0.717, 1.165) is 18.5 Å². The first-order valence-electron chi connectivity index (χ1n) is 10.7. The zero-order chi connectivity index (χ0) is 20.1. The molecule has 2 aromatic carbocycles. The molecule has 0 bridgehead atoms. The zero-order valence-electron chi connectivity index (χ0n) is 16.9. The maximum Gasteiger partial charge on any atom is 0.235 e. The number of anilines is 1. The second kappa shape index (κ2) is 9.64. The molecule has 0 radical (unpaired) electrons. The van der Waals surface area contributed by atoms with Crippen LogP contribution in [0, 0.1) is 0 Å². The second-order valence-electron chi connectivity index (χ2n) is 8.12. The van der Waals surface area contributed by atoms with Crippen LogP contribution >= 0.6 is 11.6 Å². The average molecular weight is 412 g/mol. The van der Waals surface area contributed by atoms with Crippen LogP contribution in [0.2, 0.25) is 0 Å². The summed E-state index contributed by atoms with van der Waals surface area (Å²) in [5, 5.41) is 2.80. The highest BCUT2D eigenvalue weighted by molar-refractivity contribution is 6.27. The first kappa shape index (κ1) is 20.2. The molecule has 1 N–H and O–H groups in total. The first-order valence-corrected chi connectivity index (χ1v) is 11.2. The Morgan fingerprint density at radius 3 is 2.48 bits per heavy atom. The van der Waals surface area contributed by atoms with Gasteiger partial charge in [-0.15, -0.1) is 11.6 Å². The summed E-state index contributed by atoms with van der Waals surface area (Å²) in [6.07, 6.45) is 4.79. The Hall–Kier alpha value is -2.04. The number of para-hydroxylation sites is 1. The lowest BCUT2D eigenvalue weighted by atomic mass is 10.0. The van der Waals surface area contributed by atoms with Crippen molar-refractivity contribution in [1.82, 2.24) is 10.2 Å². The summed E-state index contributed by atoms with van der Waals surface area (Å²) in [5.41, 5.74) is 5.45. The molecule has 0 saturated carbocycles. The van der Waals surface area contributed by atoms with E-state index >= 15 is 0 Å². The van der Waals surface area contributed by atoms with Crippen LogP contribution < -0.4 is 10.2 Å². The van der Waals surface area contributed by atoms with Crippen molar-refractivity contribution in [3.8, 4) is 0 Å². The molecule has 0 aliphatic carbocycles. The topological polar surface area (TPSA) is 35.6 Å². The van der Waals surface area contributed by atoms with Gasteiger partial charge >= 0.3 is 0 Å². The van der Waals surface area contributed by atoms with E-state index in [0.29, 0.717) is 12.6 Å². The number of hydrogen-bond donors (Lipinski definition) is 1. The highest BCUT2D eigenvalue weighted by Gasteiger charge is 2.28. The normalized spacial score (nSPS) is 17.3. The average Bonchev–Trinajstić information content (AvgIpc) is 3.21. The van der Waals surface area contributed by atoms with Gasteiger partial charge in [0.05, 0.1) is 0 Å². The van der Waals surface area contributed by atoms with Crippen molar-refractivity contribution in [3.05, 3.63) is 65.2 Å². The molecular formula is C24H30ClN3O. The lowest BCUT2D eigenvalue weighted by molar-refractivity contribution is -0.118. The molecule has 2 aliphatic heterocycles. The predicted molar refractivity (Wildman–Crippen MR) is 120 cm³/mol. The Bertz CT molecular complexity index is 815. The van der Waals surface area contributed by atoms with Gasteiger partial charge in [0.2, 0.25) is 5.91 Å². The summed E-state index contributed by atoms with van der Waals surface area (Å²) in [6.45, 7) is 5.21. The minimum Gasteiger partial charge on any atom is -0.368 e. The number of amides is 1. The van der Waals surface area contributed by atoms with Crippen LogP contribution in [0.5, 0.6) is 0 Å². The molecule has 1 fully saturated rings. The van der Waals surface area contributed by atoms with Gasteiger partial charge in [-0.25, -0.2) is 0 Å². The van der Waals surface area contributed by atoms with Crippen molar-refractivity contribution in [2.75, 3.05) is 37.0 Å². The van der Waals surface area contributed by atoms with Crippen LogP contribution in [0.1, 0.15) is 29.5 Å². The largest absolute Gasteiger partial charge is 0.368 e. The van der Waals surface area contributed by atoms with E-state index in [9.17, 15) is 4.79 Å². The molecule has 1 saturated heterocycles. The van der Waals surface area contributed by atoms with Crippen LogP contribution in [0.15, 0.2) is 48.5 Å². The molecule has 2 heterocycles. The van der Waals surface area contributed by atoms with E-state index in [-0.39, 0.29) is 11.8 Å². The fourth-order valence-corrected chi connectivity index (χ4v) is 4.65. The quantitative estimate of drug-likeness (QED) is 0.707. The number of carbonyl (C=O) groups excluding carboxylic acids is 1. The summed E-state index contributed by atoms with van der Waals surface area (Å²) in [4.78, 5) is 16.5.